The van der Waals surface area contributed by atoms with Gasteiger partial charge in [-0.2, -0.15) is 0 Å². The highest BCUT2D eigenvalue weighted by atomic mass is 16.6. The van der Waals surface area contributed by atoms with Crippen molar-refractivity contribution in [2.45, 2.75) is 91.2 Å². The van der Waals surface area contributed by atoms with Crippen molar-refractivity contribution in [2.24, 2.45) is 28.6 Å². The van der Waals surface area contributed by atoms with Crippen LogP contribution in [-0.4, -0.2) is 29.3 Å². The summed E-state index contributed by atoms with van der Waals surface area (Å²) in [7, 11) is 0. The lowest BCUT2D eigenvalue weighted by molar-refractivity contribution is -0.139. The molecular formula is C26H37NO4. The van der Waals surface area contributed by atoms with Crippen molar-refractivity contribution in [3.63, 3.8) is 0 Å². The number of hydrogen-bond donors (Lipinski definition) is 1. The molecule has 5 heteroatoms. The van der Waals surface area contributed by atoms with E-state index in [1.165, 1.54) is 0 Å². The van der Waals surface area contributed by atoms with Crippen molar-refractivity contribution in [3.8, 4) is 0 Å². The van der Waals surface area contributed by atoms with Gasteiger partial charge in [-0.25, -0.2) is 4.79 Å². The number of amides is 1. The van der Waals surface area contributed by atoms with Crippen LogP contribution in [0.15, 0.2) is 23.8 Å². The number of nitrogens with one attached hydrogen (secondary N) is 1. The normalized spacial score (nSPS) is 42.2. The molecule has 0 aromatic carbocycles. The average Bonchev–Trinajstić information content (AvgIpc) is 3.02. The average molecular weight is 428 g/mol. The first kappa shape index (κ1) is 22.3. The van der Waals surface area contributed by atoms with Gasteiger partial charge in [0.25, 0.3) is 0 Å². The van der Waals surface area contributed by atoms with Crippen molar-refractivity contribution in [1.82, 2.24) is 5.32 Å². The Morgan fingerprint density at radius 3 is 2.58 bits per heavy atom. The molecule has 4 rings (SSSR count). The highest BCUT2D eigenvalue weighted by molar-refractivity contribution is 6.10. The maximum Gasteiger partial charge on any atom is 0.407 e. The molecule has 0 spiro atoms. The molecule has 7 atom stereocenters. The van der Waals surface area contributed by atoms with Crippen LogP contribution in [0.25, 0.3) is 0 Å². The number of allylic oxidation sites excluding steroid dienone is 4. The van der Waals surface area contributed by atoms with Crippen LogP contribution in [0.3, 0.4) is 0 Å². The zero-order valence-electron chi connectivity index (χ0n) is 19.6. The molecule has 170 valence electrons. The zero-order valence-corrected chi connectivity index (χ0v) is 19.6. The lowest BCUT2D eigenvalue weighted by atomic mass is 9.47. The second kappa shape index (κ2) is 7.60. The summed E-state index contributed by atoms with van der Waals surface area (Å²) in [5.41, 5.74) is -0.282. The summed E-state index contributed by atoms with van der Waals surface area (Å²) >= 11 is 0. The number of ketones is 2. The Hall–Kier alpha value is -1.91. The van der Waals surface area contributed by atoms with Gasteiger partial charge in [0.05, 0.1) is 0 Å². The van der Waals surface area contributed by atoms with E-state index in [0.29, 0.717) is 23.8 Å². The molecule has 4 aliphatic carbocycles. The SMILES string of the molecule is CCC(C)NC(=O)O[C@]1(CC)CC[C@H]2[C@@H]3CC(=O)C4=CC(=O)C=C[C@]4(C)[C@H]3CC[C@@]21C. The van der Waals surface area contributed by atoms with Crippen LogP contribution in [0.5, 0.6) is 0 Å². The molecule has 0 aromatic rings. The second-order valence-electron chi connectivity index (χ2n) is 10.8. The fourth-order valence-electron chi connectivity index (χ4n) is 7.46. The highest BCUT2D eigenvalue weighted by Crippen LogP contribution is 2.67. The molecule has 3 fully saturated rings. The van der Waals surface area contributed by atoms with E-state index in [2.05, 4.69) is 26.1 Å². The molecule has 0 saturated heterocycles. The summed E-state index contributed by atoms with van der Waals surface area (Å²) in [6.45, 7) is 10.6. The van der Waals surface area contributed by atoms with Crippen molar-refractivity contribution in [3.05, 3.63) is 23.8 Å². The molecular weight excluding hydrogens is 390 g/mol. The first-order chi connectivity index (χ1) is 14.6. The van der Waals surface area contributed by atoms with E-state index in [9.17, 15) is 14.4 Å². The molecule has 1 amide bonds. The van der Waals surface area contributed by atoms with E-state index >= 15 is 0 Å². The first-order valence-electron chi connectivity index (χ1n) is 12.1. The van der Waals surface area contributed by atoms with Gasteiger partial charge in [0.2, 0.25) is 0 Å². The molecule has 1 N–H and O–H groups in total. The highest BCUT2D eigenvalue weighted by Gasteiger charge is 2.66. The number of fused-ring (bicyclic) bond motifs is 5. The third kappa shape index (κ3) is 3.22. The Labute approximate surface area is 186 Å². The maximum absolute atomic E-state index is 13.1. The van der Waals surface area contributed by atoms with Crippen molar-refractivity contribution in [2.75, 3.05) is 0 Å². The van der Waals surface area contributed by atoms with Crippen LogP contribution in [0.4, 0.5) is 4.79 Å². The zero-order chi connectivity index (χ0) is 22.6. The molecule has 0 aliphatic heterocycles. The van der Waals surface area contributed by atoms with Gasteiger partial charge in [-0.05, 0) is 75.4 Å². The third-order valence-corrected chi connectivity index (χ3v) is 9.52. The Morgan fingerprint density at radius 1 is 1.19 bits per heavy atom. The number of carbonyl (C=O) groups excluding carboxylic acids is 3. The summed E-state index contributed by atoms with van der Waals surface area (Å²) in [5, 5.41) is 2.98. The number of rotatable bonds is 4. The Kier molecular flexibility index (Phi) is 5.46. The summed E-state index contributed by atoms with van der Waals surface area (Å²) in [6, 6.07) is 0.0871. The van der Waals surface area contributed by atoms with Gasteiger partial charge in [0, 0.05) is 28.9 Å². The second-order valence-corrected chi connectivity index (χ2v) is 10.8. The minimum absolute atomic E-state index is 0.0773. The maximum atomic E-state index is 13.1. The van der Waals surface area contributed by atoms with E-state index in [-0.39, 0.29) is 40.4 Å². The van der Waals surface area contributed by atoms with Gasteiger partial charge in [-0.3, -0.25) is 9.59 Å². The minimum Gasteiger partial charge on any atom is -0.442 e. The lowest BCUT2D eigenvalue weighted by Crippen LogP contribution is -2.57. The van der Waals surface area contributed by atoms with Crippen molar-refractivity contribution < 1.29 is 19.1 Å². The standard InChI is InChI=1S/C26H37NO4/c1-6-16(3)27-23(30)31-26(7-2)13-10-20-18-15-22(29)21-14-17(28)8-11-24(21,4)19(18)9-12-25(20,26)5/h8,11,14,16,18-20H,6-7,9-10,12-13,15H2,1-5H3,(H,27,30)/t16?,18-,19+,20+,24-,25+,26-/m1/s1. The Morgan fingerprint density at radius 2 is 1.90 bits per heavy atom. The third-order valence-electron chi connectivity index (χ3n) is 9.52. The first-order valence-corrected chi connectivity index (χ1v) is 12.1. The van der Waals surface area contributed by atoms with Gasteiger partial charge in [-0.15, -0.1) is 0 Å². The topological polar surface area (TPSA) is 72.5 Å². The number of hydrogen-bond acceptors (Lipinski definition) is 4. The summed E-state index contributed by atoms with van der Waals surface area (Å²) in [4.78, 5) is 37.8. The van der Waals surface area contributed by atoms with Crippen molar-refractivity contribution in [1.29, 1.82) is 0 Å². The van der Waals surface area contributed by atoms with Gasteiger partial charge in [0.1, 0.15) is 5.60 Å². The van der Waals surface area contributed by atoms with E-state index in [0.717, 1.165) is 38.5 Å². The predicted octanol–water partition coefficient (Wildman–Crippen LogP) is 5.15. The number of carbonyl (C=O) groups is 3. The van der Waals surface area contributed by atoms with E-state index in [4.69, 9.17) is 4.74 Å². The number of ether oxygens (including phenoxy) is 1. The van der Waals surface area contributed by atoms with Crippen LogP contribution in [0, 0.1) is 28.6 Å². The molecule has 3 saturated carbocycles. The van der Waals surface area contributed by atoms with E-state index in [1.54, 1.807) is 12.2 Å². The van der Waals surface area contributed by atoms with Crippen LogP contribution >= 0.6 is 0 Å². The van der Waals surface area contributed by atoms with Crippen molar-refractivity contribution >= 4 is 17.7 Å². The van der Waals surface area contributed by atoms with Gasteiger partial charge in [-0.1, -0.05) is 33.8 Å². The Balaban J connectivity index is 1.63. The molecule has 0 radical (unpaired) electrons. The molecule has 1 unspecified atom stereocenters. The molecule has 4 aliphatic rings. The van der Waals surface area contributed by atoms with Crippen LogP contribution in [0.1, 0.15) is 79.6 Å². The molecule has 5 nitrogen and oxygen atoms in total. The summed E-state index contributed by atoms with van der Waals surface area (Å²) < 4.78 is 6.24. The quantitative estimate of drug-likeness (QED) is 0.674. The van der Waals surface area contributed by atoms with E-state index in [1.807, 2.05) is 19.9 Å². The summed E-state index contributed by atoms with van der Waals surface area (Å²) in [6.07, 6.45) is 10.8. The molecule has 0 aromatic heterocycles. The number of alkyl carbamates (subject to hydrolysis) is 1. The lowest BCUT2D eigenvalue weighted by Gasteiger charge is -2.58. The van der Waals surface area contributed by atoms with Gasteiger partial charge < -0.3 is 10.1 Å². The van der Waals surface area contributed by atoms with Crippen LogP contribution in [-0.2, 0) is 14.3 Å². The van der Waals surface area contributed by atoms with E-state index < -0.39 is 5.60 Å². The molecule has 0 heterocycles. The van der Waals surface area contributed by atoms with Crippen LogP contribution in [0.2, 0.25) is 0 Å². The predicted molar refractivity (Wildman–Crippen MR) is 119 cm³/mol. The minimum atomic E-state index is -0.487. The fourth-order valence-corrected chi connectivity index (χ4v) is 7.46. The molecule has 31 heavy (non-hydrogen) atoms. The monoisotopic (exact) mass is 427 g/mol. The number of Topliss-reactive ketones (excluding diaryl/α,β-unsaturated/α-hetero) is 1. The smallest absolute Gasteiger partial charge is 0.407 e. The Bertz CT molecular complexity index is 859. The van der Waals surface area contributed by atoms with Gasteiger partial charge in [0.15, 0.2) is 11.6 Å². The molecule has 0 bridgehead atoms. The van der Waals surface area contributed by atoms with Gasteiger partial charge >= 0.3 is 6.09 Å². The fraction of sp³-hybridized carbons (Fsp3) is 0.731. The summed E-state index contributed by atoms with van der Waals surface area (Å²) in [5.74, 6) is 0.999. The van der Waals surface area contributed by atoms with Crippen LogP contribution < -0.4 is 5.32 Å². The largest absolute Gasteiger partial charge is 0.442 e.